The van der Waals surface area contributed by atoms with E-state index in [1.165, 1.54) is 4.90 Å². The number of carbonyl (C=O) groups excluding carboxylic acids is 5. The molecule has 4 rings (SSSR count). The number of imide groups is 1. The summed E-state index contributed by atoms with van der Waals surface area (Å²) in [7, 11) is 0. The Labute approximate surface area is 251 Å². The zero-order chi connectivity index (χ0) is 30.1. The van der Waals surface area contributed by atoms with Gasteiger partial charge < -0.3 is 15.4 Å². The monoisotopic (exact) mass is 593 g/mol. The van der Waals surface area contributed by atoms with Gasteiger partial charge in [0, 0.05) is 37.5 Å². The van der Waals surface area contributed by atoms with Crippen LogP contribution in [0.15, 0.2) is 48.5 Å². The molecule has 224 valence electrons. The maximum atomic E-state index is 12.7. The lowest BCUT2D eigenvalue weighted by Gasteiger charge is -2.30. The molecule has 1 aliphatic heterocycles. The predicted octanol–water partition coefficient (Wildman–Crippen LogP) is 3.85. The smallest absolute Gasteiger partial charge is 0.251 e. The summed E-state index contributed by atoms with van der Waals surface area (Å²) in [5.41, 5.74) is 2.31. The van der Waals surface area contributed by atoms with Gasteiger partial charge >= 0.3 is 0 Å². The van der Waals surface area contributed by atoms with Crippen LogP contribution in [0.3, 0.4) is 0 Å². The quantitative estimate of drug-likeness (QED) is 0.206. The summed E-state index contributed by atoms with van der Waals surface area (Å²) in [5.74, 6) is 0.335. The molecule has 0 spiro atoms. The predicted molar refractivity (Wildman–Crippen MR) is 162 cm³/mol. The zero-order valence-electron chi connectivity index (χ0n) is 24.2. The highest BCUT2D eigenvalue weighted by Crippen LogP contribution is 2.33. The van der Waals surface area contributed by atoms with E-state index in [4.69, 9.17) is 4.74 Å². The normalized spacial score (nSPS) is 20.5. The SMILES string of the molecule is CC(C)SC1CC(=O)N(CC2CCC(C(=O)NCCNC(=O)c3cccc(-c4ccc(OCC=O)cc4)c3)CC2)C1=O. The van der Waals surface area contributed by atoms with Crippen molar-refractivity contribution in [1.82, 2.24) is 15.5 Å². The van der Waals surface area contributed by atoms with E-state index in [-0.39, 0.29) is 53.7 Å². The molecular weight excluding hydrogens is 554 g/mol. The lowest BCUT2D eigenvalue weighted by molar-refractivity contribution is -0.139. The summed E-state index contributed by atoms with van der Waals surface area (Å²) in [6, 6.07) is 14.6. The van der Waals surface area contributed by atoms with Crippen molar-refractivity contribution in [3.8, 4) is 16.9 Å². The maximum Gasteiger partial charge on any atom is 0.251 e. The van der Waals surface area contributed by atoms with Gasteiger partial charge in [0.1, 0.15) is 12.4 Å². The van der Waals surface area contributed by atoms with Crippen molar-refractivity contribution < 1.29 is 28.7 Å². The molecule has 2 aromatic carbocycles. The van der Waals surface area contributed by atoms with E-state index in [1.807, 2.05) is 38.1 Å². The largest absolute Gasteiger partial charge is 0.486 e. The van der Waals surface area contributed by atoms with Gasteiger partial charge in [-0.1, -0.05) is 38.1 Å². The van der Waals surface area contributed by atoms with Crippen LogP contribution in [-0.2, 0) is 19.2 Å². The van der Waals surface area contributed by atoms with Gasteiger partial charge in [-0.3, -0.25) is 28.9 Å². The number of thioether (sulfide) groups is 1. The lowest BCUT2D eigenvalue weighted by Crippen LogP contribution is -2.40. The molecule has 1 heterocycles. The first-order chi connectivity index (χ1) is 20.2. The third kappa shape index (κ3) is 8.44. The number of ether oxygens (including phenoxy) is 1. The average Bonchev–Trinajstić information content (AvgIpc) is 3.25. The van der Waals surface area contributed by atoms with Gasteiger partial charge in [0.15, 0.2) is 6.29 Å². The molecule has 0 aromatic heterocycles. The summed E-state index contributed by atoms with van der Waals surface area (Å²) in [6.45, 7) is 5.15. The molecule has 1 unspecified atom stereocenters. The Bertz CT molecular complexity index is 1270. The third-order valence-electron chi connectivity index (χ3n) is 7.64. The molecule has 0 bridgehead atoms. The number of carbonyl (C=O) groups is 5. The molecule has 9 nitrogen and oxygen atoms in total. The van der Waals surface area contributed by atoms with Crippen LogP contribution in [0.25, 0.3) is 11.1 Å². The van der Waals surface area contributed by atoms with E-state index in [9.17, 15) is 24.0 Å². The molecular formula is C32H39N3O6S. The van der Waals surface area contributed by atoms with E-state index >= 15 is 0 Å². The molecule has 2 fully saturated rings. The minimum absolute atomic E-state index is 0.000291. The second-order valence-corrected chi connectivity index (χ2v) is 12.9. The molecule has 1 saturated carbocycles. The standard InChI is InChI=1S/C32H39N3O6S/c1-21(2)42-28-19-29(37)35(32(28)40)20-22-6-8-24(9-7-22)30(38)33-14-15-34-31(39)26-5-3-4-25(18-26)23-10-12-27(13-11-23)41-17-16-36/h3-5,10-13,16,18,21-22,24,28H,6-9,14-15,17,19-20H2,1-2H3,(H,33,38)(H,34,39). The topological polar surface area (TPSA) is 122 Å². The molecule has 1 atom stereocenters. The number of nitrogens with one attached hydrogen (secondary N) is 2. The highest BCUT2D eigenvalue weighted by atomic mass is 32.2. The number of hydrogen-bond acceptors (Lipinski definition) is 7. The van der Waals surface area contributed by atoms with Crippen molar-refractivity contribution in [2.45, 2.75) is 56.5 Å². The summed E-state index contributed by atoms with van der Waals surface area (Å²) < 4.78 is 5.28. The minimum Gasteiger partial charge on any atom is -0.486 e. The minimum atomic E-state index is -0.266. The van der Waals surface area contributed by atoms with Crippen molar-refractivity contribution in [3.05, 3.63) is 54.1 Å². The van der Waals surface area contributed by atoms with Crippen molar-refractivity contribution >= 4 is 41.7 Å². The van der Waals surface area contributed by atoms with Gasteiger partial charge in [-0.05, 0) is 72.2 Å². The number of likely N-dealkylation sites (tertiary alicyclic amines) is 1. The lowest BCUT2D eigenvalue weighted by atomic mass is 9.81. The van der Waals surface area contributed by atoms with E-state index in [1.54, 1.807) is 36.0 Å². The Morgan fingerprint density at radius 2 is 1.71 bits per heavy atom. The number of benzene rings is 2. The van der Waals surface area contributed by atoms with Crippen molar-refractivity contribution in [2.24, 2.45) is 11.8 Å². The fourth-order valence-electron chi connectivity index (χ4n) is 5.47. The Kier molecular flexibility index (Phi) is 11.2. The Morgan fingerprint density at radius 3 is 2.40 bits per heavy atom. The third-order valence-corrected chi connectivity index (χ3v) is 8.88. The Hall–Kier alpha value is -3.66. The van der Waals surface area contributed by atoms with E-state index < -0.39 is 0 Å². The van der Waals surface area contributed by atoms with E-state index in [0.717, 1.165) is 36.8 Å². The molecule has 4 amide bonds. The average molecular weight is 594 g/mol. The van der Waals surface area contributed by atoms with Gasteiger partial charge in [-0.15, -0.1) is 11.8 Å². The fourth-order valence-corrected chi connectivity index (χ4v) is 6.61. The molecule has 10 heteroatoms. The zero-order valence-corrected chi connectivity index (χ0v) is 25.0. The fraction of sp³-hybridized carbons (Fsp3) is 0.469. The Morgan fingerprint density at radius 1 is 1.00 bits per heavy atom. The van der Waals surface area contributed by atoms with Gasteiger partial charge in [-0.2, -0.15) is 0 Å². The van der Waals surface area contributed by atoms with Crippen LogP contribution >= 0.6 is 11.8 Å². The number of amides is 4. The van der Waals surface area contributed by atoms with Gasteiger partial charge in [0.25, 0.3) is 5.91 Å². The van der Waals surface area contributed by atoms with Gasteiger partial charge in [-0.25, -0.2) is 0 Å². The van der Waals surface area contributed by atoms with Crippen molar-refractivity contribution in [2.75, 3.05) is 26.2 Å². The molecule has 2 aromatic rings. The van der Waals surface area contributed by atoms with Crippen LogP contribution in [0.1, 0.15) is 56.3 Å². The van der Waals surface area contributed by atoms with Crippen molar-refractivity contribution in [1.29, 1.82) is 0 Å². The van der Waals surface area contributed by atoms with Crippen LogP contribution in [0, 0.1) is 11.8 Å². The van der Waals surface area contributed by atoms with E-state index in [0.29, 0.717) is 42.5 Å². The first kappa shape index (κ1) is 31.3. The second kappa shape index (κ2) is 15.0. The number of rotatable bonds is 13. The number of hydrogen-bond donors (Lipinski definition) is 2. The second-order valence-electron chi connectivity index (χ2n) is 11.1. The molecule has 0 radical (unpaired) electrons. The molecule has 2 N–H and O–H groups in total. The first-order valence-electron chi connectivity index (χ1n) is 14.6. The summed E-state index contributed by atoms with van der Waals surface area (Å²) in [6.07, 6.45) is 4.03. The van der Waals surface area contributed by atoms with Gasteiger partial charge in [0.05, 0.1) is 5.25 Å². The molecule has 42 heavy (non-hydrogen) atoms. The van der Waals surface area contributed by atoms with Crippen LogP contribution in [-0.4, -0.2) is 71.6 Å². The van der Waals surface area contributed by atoms with E-state index in [2.05, 4.69) is 10.6 Å². The molecule has 1 aliphatic carbocycles. The molecule has 1 saturated heterocycles. The first-order valence-corrected chi connectivity index (χ1v) is 15.5. The van der Waals surface area contributed by atoms with Crippen LogP contribution < -0.4 is 15.4 Å². The number of aldehydes is 1. The van der Waals surface area contributed by atoms with Crippen LogP contribution in [0.2, 0.25) is 0 Å². The van der Waals surface area contributed by atoms with Gasteiger partial charge in [0.2, 0.25) is 17.7 Å². The summed E-state index contributed by atoms with van der Waals surface area (Å²) in [5, 5.41) is 5.83. The molecule has 2 aliphatic rings. The highest BCUT2D eigenvalue weighted by Gasteiger charge is 2.40. The highest BCUT2D eigenvalue weighted by molar-refractivity contribution is 8.01. The van der Waals surface area contributed by atoms with Crippen LogP contribution in [0.4, 0.5) is 0 Å². The maximum absolute atomic E-state index is 12.7. The van der Waals surface area contributed by atoms with Crippen LogP contribution in [0.5, 0.6) is 5.75 Å². The summed E-state index contributed by atoms with van der Waals surface area (Å²) in [4.78, 5) is 62.4. The van der Waals surface area contributed by atoms with Crippen molar-refractivity contribution in [3.63, 3.8) is 0 Å². The summed E-state index contributed by atoms with van der Waals surface area (Å²) >= 11 is 1.55. The Balaban J connectivity index is 1.16. The number of nitrogens with zero attached hydrogens (tertiary/aromatic N) is 1.